The molecular formula is C20H28N3NaO4. The van der Waals surface area contributed by atoms with Crippen molar-refractivity contribution in [2.75, 3.05) is 13.1 Å². The summed E-state index contributed by atoms with van der Waals surface area (Å²) in [6.45, 7) is 6.89. The van der Waals surface area contributed by atoms with Crippen LogP contribution in [0.4, 0.5) is 0 Å². The summed E-state index contributed by atoms with van der Waals surface area (Å²) in [5.74, 6) is -1.52. The zero-order valence-electron chi connectivity index (χ0n) is 17.1. The van der Waals surface area contributed by atoms with Crippen molar-refractivity contribution in [1.29, 1.82) is 0 Å². The third-order valence-corrected chi connectivity index (χ3v) is 4.74. The van der Waals surface area contributed by atoms with E-state index in [-0.39, 0.29) is 35.5 Å². The number of carbonyl (C=O) groups is 3. The molecule has 1 aliphatic heterocycles. The van der Waals surface area contributed by atoms with Crippen molar-refractivity contribution in [2.24, 2.45) is 5.92 Å². The van der Waals surface area contributed by atoms with Crippen LogP contribution < -0.4 is 45.3 Å². The number of rotatable bonds is 10. The van der Waals surface area contributed by atoms with E-state index in [0.29, 0.717) is 25.4 Å². The zero-order chi connectivity index (χ0) is 20.0. The van der Waals surface area contributed by atoms with E-state index in [2.05, 4.69) is 24.5 Å². The molecular weight excluding hydrogens is 369 g/mol. The van der Waals surface area contributed by atoms with Crippen LogP contribution in [-0.4, -0.2) is 53.9 Å². The molecule has 0 saturated carbocycles. The molecule has 1 fully saturated rings. The monoisotopic (exact) mass is 397 g/mol. The van der Waals surface area contributed by atoms with E-state index in [1.165, 1.54) is 4.90 Å². The first-order valence-electron chi connectivity index (χ1n) is 9.43. The normalized spacial score (nSPS) is 21.4. The van der Waals surface area contributed by atoms with Crippen LogP contribution in [-0.2, 0) is 20.8 Å². The molecule has 4 atom stereocenters. The topological polar surface area (TPSA) is 101 Å². The van der Waals surface area contributed by atoms with Gasteiger partial charge in [-0.15, -0.1) is 0 Å². The van der Waals surface area contributed by atoms with Gasteiger partial charge >= 0.3 is 29.6 Å². The van der Waals surface area contributed by atoms with E-state index >= 15 is 0 Å². The summed E-state index contributed by atoms with van der Waals surface area (Å²) in [6, 6.07) is 6.95. The average Bonchev–Trinajstić information content (AvgIpc) is 3.36. The number of hydrogen-bond donors (Lipinski definition) is 2. The number of likely N-dealkylation sites (N-methyl/N-ethyl adjacent to an activating group) is 1. The van der Waals surface area contributed by atoms with Crippen LogP contribution >= 0.6 is 0 Å². The van der Waals surface area contributed by atoms with Gasteiger partial charge in [-0.05, 0) is 24.4 Å². The van der Waals surface area contributed by atoms with Crippen LogP contribution in [0.3, 0.4) is 0 Å². The van der Waals surface area contributed by atoms with E-state index in [9.17, 15) is 19.5 Å². The SMILES string of the molecule is CCN1[C@H](C(=O)[O-])[C@H]1C(=O)N[C@@H](Cc1ccccc1)C(=O)NCCC(C)C.[Na+]. The Hall–Kier alpha value is -1.41. The third-order valence-electron chi connectivity index (χ3n) is 4.74. The summed E-state index contributed by atoms with van der Waals surface area (Å²) in [5.41, 5.74) is 0.918. The first-order chi connectivity index (χ1) is 12.8. The van der Waals surface area contributed by atoms with Gasteiger partial charge in [-0.1, -0.05) is 51.1 Å². The molecule has 8 heteroatoms. The number of hydrogen-bond acceptors (Lipinski definition) is 5. The first kappa shape index (κ1) is 24.6. The number of carboxylic acids is 1. The van der Waals surface area contributed by atoms with Gasteiger partial charge in [-0.25, -0.2) is 0 Å². The maximum Gasteiger partial charge on any atom is 1.00 e. The van der Waals surface area contributed by atoms with Crippen molar-refractivity contribution in [3.05, 3.63) is 35.9 Å². The minimum absolute atomic E-state index is 0. The van der Waals surface area contributed by atoms with Crippen LogP contribution in [0.2, 0.25) is 0 Å². The van der Waals surface area contributed by atoms with E-state index in [1.807, 2.05) is 30.3 Å². The Balaban J connectivity index is 0.00000392. The predicted molar refractivity (Wildman–Crippen MR) is 99.5 cm³/mol. The van der Waals surface area contributed by atoms with Crippen LogP contribution in [0.25, 0.3) is 0 Å². The maximum absolute atomic E-state index is 12.6. The molecule has 1 saturated heterocycles. The molecule has 0 radical (unpaired) electrons. The Morgan fingerprint density at radius 3 is 2.29 bits per heavy atom. The molecule has 2 rings (SSSR count). The summed E-state index contributed by atoms with van der Waals surface area (Å²) in [6.07, 6.45) is 1.19. The Labute approximate surface area is 188 Å². The second kappa shape index (κ2) is 11.6. The van der Waals surface area contributed by atoms with Gasteiger partial charge < -0.3 is 20.5 Å². The van der Waals surface area contributed by atoms with Crippen LogP contribution in [0.1, 0.15) is 32.8 Å². The molecule has 2 amide bonds. The van der Waals surface area contributed by atoms with Gasteiger partial charge in [0.05, 0.1) is 12.0 Å². The molecule has 0 bridgehead atoms. The molecule has 1 heterocycles. The molecule has 148 valence electrons. The summed E-state index contributed by atoms with van der Waals surface area (Å²) >= 11 is 0. The van der Waals surface area contributed by atoms with Gasteiger partial charge in [-0.2, -0.15) is 0 Å². The van der Waals surface area contributed by atoms with E-state index in [0.717, 1.165) is 12.0 Å². The molecule has 0 aromatic heterocycles. The van der Waals surface area contributed by atoms with Gasteiger partial charge in [0.15, 0.2) is 0 Å². The standard InChI is InChI=1S/C20H29N3O4.Na/c1-4-23-16(17(23)20(26)27)19(25)22-15(12-14-8-6-5-7-9-14)18(24)21-11-10-13(2)3;/h5-9,13,15-17H,4,10-12H2,1-3H3,(H,21,24)(H,22,25)(H,26,27);/q;+1/p-1/t15-,16-,17-,23?;/m0./s1. The van der Waals surface area contributed by atoms with Crippen molar-refractivity contribution in [3.8, 4) is 0 Å². The van der Waals surface area contributed by atoms with Crippen molar-refractivity contribution >= 4 is 17.8 Å². The molecule has 0 aliphatic carbocycles. The number of benzene rings is 1. The van der Waals surface area contributed by atoms with Crippen molar-refractivity contribution in [3.63, 3.8) is 0 Å². The molecule has 1 aromatic carbocycles. The molecule has 2 N–H and O–H groups in total. The minimum atomic E-state index is -1.27. The minimum Gasteiger partial charge on any atom is -0.548 e. The number of nitrogens with zero attached hydrogens (tertiary/aromatic N) is 1. The van der Waals surface area contributed by atoms with Gasteiger partial charge in [0.1, 0.15) is 12.1 Å². The van der Waals surface area contributed by atoms with Gasteiger partial charge in [0.25, 0.3) is 0 Å². The second-order valence-corrected chi connectivity index (χ2v) is 7.26. The summed E-state index contributed by atoms with van der Waals surface area (Å²) in [7, 11) is 0. The Bertz CT molecular complexity index is 669. The summed E-state index contributed by atoms with van der Waals surface area (Å²) in [5, 5.41) is 16.7. The van der Waals surface area contributed by atoms with Crippen molar-refractivity contribution in [1.82, 2.24) is 15.5 Å². The third kappa shape index (κ3) is 6.88. The van der Waals surface area contributed by atoms with E-state index in [1.54, 1.807) is 6.92 Å². The number of carboxylic acid groups (broad SMARTS) is 1. The summed E-state index contributed by atoms with van der Waals surface area (Å²) in [4.78, 5) is 37.8. The largest absolute Gasteiger partial charge is 1.00 e. The fraction of sp³-hybridized carbons (Fsp3) is 0.550. The predicted octanol–water partition coefficient (Wildman–Crippen LogP) is -3.30. The van der Waals surface area contributed by atoms with Crippen LogP contribution in [0.15, 0.2) is 30.3 Å². The van der Waals surface area contributed by atoms with Gasteiger partial charge in [0.2, 0.25) is 11.8 Å². The van der Waals surface area contributed by atoms with Crippen molar-refractivity contribution in [2.45, 2.75) is 51.7 Å². The maximum atomic E-state index is 12.6. The van der Waals surface area contributed by atoms with E-state index < -0.39 is 30.0 Å². The Morgan fingerprint density at radius 2 is 1.79 bits per heavy atom. The Kier molecular flexibility index (Phi) is 10.2. The van der Waals surface area contributed by atoms with Crippen LogP contribution in [0, 0.1) is 5.92 Å². The fourth-order valence-corrected chi connectivity index (χ4v) is 3.15. The van der Waals surface area contributed by atoms with Crippen LogP contribution in [0.5, 0.6) is 0 Å². The molecule has 1 aromatic rings. The fourth-order valence-electron chi connectivity index (χ4n) is 3.15. The van der Waals surface area contributed by atoms with Crippen molar-refractivity contribution < 1.29 is 49.0 Å². The van der Waals surface area contributed by atoms with E-state index in [4.69, 9.17) is 0 Å². The molecule has 28 heavy (non-hydrogen) atoms. The molecule has 1 unspecified atom stereocenters. The Morgan fingerprint density at radius 1 is 1.14 bits per heavy atom. The number of carbonyl (C=O) groups excluding carboxylic acids is 3. The smallest absolute Gasteiger partial charge is 0.548 e. The summed E-state index contributed by atoms with van der Waals surface area (Å²) < 4.78 is 0. The first-order valence-corrected chi connectivity index (χ1v) is 9.43. The molecule has 7 nitrogen and oxygen atoms in total. The van der Waals surface area contributed by atoms with Gasteiger partial charge in [-0.3, -0.25) is 14.5 Å². The zero-order valence-corrected chi connectivity index (χ0v) is 19.1. The average molecular weight is 397 g/mol. The number of aliphatic carboxylic acids is 1. The second-order valence-electron chi connectivity index (χ2n) is 7.26. The number of amides is 2. The quantitative estimate of drug-likeness (QED) is 0.318. The number of nitrogens with one attached hydrogen (secondary N) is 2. The molecule has 0 spiro atoms. The van der Waals surface area contributed by atoms with Gasteiger partial charge in [0, 0.05) is 13.0 Å². The molecule has 1 aliphatic rings.